The third-order valence-corrected chi connectivity index (χ3v) is 4.95. The van der Waals surface area contributed by atoms with Gasteiger partial charge in [0.1, 0.15) is 0 Å². The van der Waals surface area contributed by atoms with E-state index in [4.69, 9.17) is 4.52 Å². The molecule has 2 heterocycles. The number of fused-ring (bicyclic) bond motifs is 1. The Balaban J connectivity index is 1.58. The van der Waals surface area contributed by atoms with Gasteiger partial charge in [0.25, 0.3) is 11.6 Å². The number of aryl methyl sites for hydroxylation is 1. The smallest absolute Gasteiger partial charge is 0.259 e. The van der Waals surface area contributed by atoms with Crippen molar-refractivity contribution in [2.24, 2.45) is 5.92 Å². The standard InChI is InChI=1S/C25H24N4O3/c1-15(2)13-22(30)26-18-9-11-19(12-10-18)27-24(31)20-14-21(17-7-5-4-6-8-17)28-25-23(20)16(3)29-32-25/h4-12,14-15H,13H2,1-3H3,(H,26,30)(H,27,31). The molecule has 2 amide bonds. The second-order valence-corrected chi connectivity index (χ2v) is 8.05. The molecule has 4 rings (SSSR count). The number of hydrogen-bond acceptors (Lipinski definition) is 5. The maximum absolute atomic E-state index is 13.2. The maximum atomic E-state index is 13.2. The summed E-state index contributed by atoms with van der Waals surface area (Å²) in [5.41, 5.74) is 4.14. The van der Waals surface area contributed by atoms with Crippen molar-refractivity contribution in [1.82, 2.24) is 10.1 Å². The van der Waals surface area contributed by atoms with Crippen LogP contribution in [-0.4, -0.2) is 22.0 Å². The van der Waals surface area contributed by atoms with Crippen LogP contribution in [0.5, 0.6) is 0 Å². The second-order valence-electron chi connectivity index (χ2n) is 8.05. The van der Waals surface area contributed by atoms with Gasteiger partial charge in [-0.3, -0.25) is 9.59 Å². The van der Waals surface area contributed by atoms with Crippen molar-refractivity contribution >= 4 is 34.3 Å². The summed E-state index contributed by atoms with van der Waals surface area (Å²) in [7, 11) is 0. The molecule has 4 aromatic rings. The summed E-state index contributed by atoms with van der Waals surface area (Å²) in [6, 6.07) is 18.4. The van der Waals surface area contributed by atoms with Gasteiger partial charge in [-0.15, -0.1) is 0 Å². The Labute approximate surface area is 185 Å². The summed E-state index contributed by atoms with van der Waals surface area (Å²) in [6.45, 7) is 5.77. The maximum Gasteiger partial charge on any atom is 0.259 e. The summed E-state index contributed by atoms with van der Waals surface area (Å²) in [6.07, 6.45) is 0.457. The normalized spacial score (nSPS) is 11.0. The average Bonchev–Trinajstić information content (AvgIpc) is 3.15. The van der Waals surface area contributed by atoms with Crippen molar-refractivity contribution in [3.63, 3.8) is 0 Å². The zero-order valence-electron chi connectivity index (χ0n) is 18.2. The lowest BCUT2D eigenvalue weighted by atomic mass is 10.0. The van der Waals surface area contributed by atoms with Crippen LogP contribution in [0.2, 0.25) is 0 Å². The fourth-order valence-electron chi connectivity index (χ4n) is 3.45. The average molecular weight is 428 g/mol. The van der Waals surface area contributed by atoms with E-state index < -0.39 is 0 Å². The summed E-state index contributed by atoms with van der Waals surface area (Å²) >= 11 is 0. The van der Waals surface area contributed by atoms with Gasteiger partial charge in [0, 0.05) is 23.4 Å². The van der Waals surface area contributed by atoms with Gasteiger partial charge in [-0.2, -0.15) is 0 Å². The van der Waals surface area contributed by atoms with E-state index in [0.29, 0.717) is 45.8 Å². The predicted molar refractivity (Wildman–Crippen MR) is 124 cm³/mol. The van der Waals surface area contributed by atoms with Crippen molar-refractivity contribution < 1.29 is 14.1 Å². The first-order valence-corrected chi connectivity index (χ1v) is 10.4. The highest BCUT2D eigenvalue weighted by Gasteiger charge is 2.19. The predicted octanol–water partition coefficient (Wildman–Crippen LogP) is 5.44. The van der Waals surface area contributed by atoms with Crippen LogP contribution < -0.4 is 10.6 Å². The molecule has 0 spiro atoms. The Hall–Kier alpha value is -4.00. The van der Waals surface area contributed by atoms with E-state index in [-0.39, 0.29) is 17.7 Å². The summed E-state index contributed by atoms with van der Waals surface area (Å²) < 4.78 is 5.35. The third-order valence-electron chi connectivity index (χ3n) is 4.95. The molecule has 0 atom stereocenters. The number of carbonyl (C=O) groups is 2. The van der Waals surface area contributed by atoms with Gasteiger partial charge in [0.05, 0.1) is 22.3 Å². The lowest BCUT2D eigenvalue weighted by Gasteiger charge is -2.10. The highest BCUT2D eigenvalue weighted by atomic mass is 16.5. The molecule has 0 aliphatic rings. The molecule has 2 aromatic heterocycles. The lowest BCUT2D eigenvalue weighted by molar-refractivity contribution is -0.116. The number of nitrogens with zero attached hydrogens (tertiary/aromatic N) is 2. The van der Waals surface area contributed by atoms with E-state index in [9.17, 15) is 9.59 Å². The summed E-state index contributed by atoms with van der Waals surface area (Å²) in [5, 5.41) is 10.3. The SMILES string of the molecule is Cc1noc2nc(-c3ccccc3)cc(C(=O)Nc3ccc(NC(=O)CC(C)C)cc3)c12. The Bertz CT molecular complexity index is 1260. The molecular weight excluding hydrogens is 404 g/mol. The highest BCUT2D eigenvalue weighted by Crippen LogP contribution is 2.28. The van der Waals surface area contributed by atoms with Gasteiger partial charge in [0.2, 0.25) is 5.91 Å². The van der Waals surface area contributed by atoms with Crippen LogP contribution in [0.4, 0.5) is 11.4 Å². The molecule has 162 valence electrons. The number of hydrogen-bond donors (Lipinski definition) is 2. The molecule has 0 bridgehead atoms. The Morgan fingerprint density at radius 3 is 2.28 bits per heavy atom. The number of aromatic nitrogens is 2. The van der Waals surface area contributed by atoms with Crippen LogP contribution in [0, 0.1) is 12.8 Å². The van der Waals surface area contributed by atoms with Gasteiger partial charge < -0.3 is 15.2 Å². The van der Waals surface area contributed by atoms with Crippen LogP contribution >= 0.6 is 0 Å². The van der Waals surface area contributed by atoms with E-state index in [1.807, 2.05) is 44.2 Å². The molecule has 0 saturated heterocycles. The number of nitrogens with one attached hydrogen (secondary N) is 2. The number of anilines is 2. The van der Waals surface area contributed by atoms with E-state index in [2.05, 4.69) is 20.8 Å². The first-order valence-electron chi connectivity index (χ1n) is 10.4. The minimum absolute atomic E-state index is 0.0349. The Morgan fingerprint density at radius 1 is 0.969 bits per heavy atom. The number of carbonyl (C=O) groups excluding carboxylic acids is 2. The fourth-order valence-corrected chi connectivity index (χ4v) is 3.45. The number of amides is 2. The minimum atomic E-state index is -0.294. The first-order chi connectivity index (χ1) is 15.4. The summed E-state index contributed by atoms with van der Waals surface area (Å²) in [5.74, 6) is -0.0442. The quantitative estimate of drug-likeness (QED) is 0.426. The van der Waals surface area contributed by atoms with Gasteiger partial charge in [-0.1, -0.05) is 49.3 Å². The molecule has 7 heteroatoms. The number of pyridine rings is 1. The fraction of sp³-hybridized carbons (Fsp3) is 0.200. The van der Waals surface area contributed by atoms with E-state index >= 15 is 0 Å². The monoisotopic (exact) mass is 428 g/mol. The van der Waals surface area contributed by atoms with Crippen LogP contribution in [0.25, 0.3) is 22.4 Å². The van der Waals surface area contributed by atoms with Gasteiger partial charge in [0.15, 0.2) is 0 Å². The van der Waals surface area contributed by atoms with Crippen molar-refractivity contribution in [2.75, 3.05) is 10.6 Å². The molecule has 0 radical (unpaired) electrons. The first kappa shape index (κ1) is 21.2. The molecule has 0 fully saturated rings. The van der Waals surface area contributed by atoms with Crippen molar-refractivity contribution in [3.05, 3.63) is 71.9 Å². The molecule has 0 unspecified atom stereocenters. The van der Waals surface area contributed by atoms with Gasteiger partial charge in [-0.25, -0.2) is 4.98 Å². The van der Waals surface area contributed by atoms with E-state index in [0.717, 1.165) is 5.56 Å². The number of benzene rings is 2. The zero-order valence-corrected chi connectivity index (χ0v) is 18.2. The second kappa shape index (κ2) is 9.01. The molecule has 0 aliphatic heterocycles. The van der Waals surface area contributed by atoms with E-state index in [1.54, 1.807) is 37.3 Å². The third kappa shape index (κ3) is 4.67. The Morgan fingerprint density at radius 2 is 1.62 bits per heavy atom. The van der Waals surface area contributed by atoms with Crippen LogP contribution in [0.1, 0.15) is 36.3 Å². The molecule has 0 aliphatic carbocycles. The van der Waals surface area contributed by atoms with Crippen LogP contribution in [0.15, 0.2) is 65.2 Å². The van der Waals surface area contributed by atoms with Crippen LogP contribution in [-0.2, 0) is 4.79 Å². The van der Waals surface area contributed by atoms with Crippen molar-refractivity contribution in [3.8, 4) is 11.3 Å². The highest BCUT2D eigenvalue weighted by molar-refractivity contribution is 6.13. The zero-order chi connectivity index (χ0) is 22.7. The topological polar surface area (TPSA) is 97.1 Å². The van der Waals surface area contributed by atoms with E-state index in [1.165, 1.54) is 0 Å². The number of rotatable bonds is 6. The molecule has 2 aromatic carbocycles. The molecule has 32 heavy (non-hydrogen) atoms. The lowest BCUT2D eigenvalue weighted by Crippen LogP contribution is -2.15. The van der Waals surface area contributed by atoms with Crippen molar-refractivity contribution in [2.45, 2.75) is 27.2 Å². The minimum Gasteiger partial charge on any atom is -0.335 e. The van der Waals surface area contributed by atoms with Gasteiger partial charge >= 0.3 is 0 Å². The molecule has 2 N–H and O–H groups in total. The van der Waals surface area contributed by atoms with Crippen molar-refractivity contribution in [1.29, 1.82) is 0 Å². The molecule has 0 saturated carbocycles. The van der Waals surface area contributed by atoms with Crippen LogP contribution in [0.3, 0.4) is 0 Å². The molecule has 7 nitrogen and oxygen atoms in total. The molecular formula is C25H24N4O3. The Kier molecular flexibility index (Phi) is 5.98. The summed E-state index contributed by atoms with van der Waals surface area (Å²) in [4.78, 5) is 29.6. The largest absolute Gasteiger partial charge is 0.335 e. The van der Waals surface area contributed by atoms with Gasteiger partial charge in [-0.05, 0) is 43.2 Å².